The Balaban J connectivity index is 1.48. The highest BCUT2D eigenvalue weighted by atomic mass is 16.5. The van der Waals surface area contributed by atoms with Crippen LogP contribution in [0.1, 0.15) is 77.3 Å². The van der Waals surface area contributed by atoms with E-state index in [2.05, 4.69) is 11.0 Å². The number of aromatic hydroxyl groups is 1. The molecule has 0 radical (unpaired) electrons. The van der Waals surface area contributed by atoms with Gasteiger partial charge >= 0.3 is 0 Å². The second-order valence-corrected chi connectivity index (χ2v) is 12.0. The van der Waals surface area contributed by atoms with Crippen LogP contribution in [0, 0.1) is 0 Å². The lowest BCUT2D eigenvalue weighted by molar-refractivity contribution is 0.158. The molecule has 7 nitrogen and oxygen atoms in total. The SMILES string of the molecule is COc1c(OCCCCCCN2CCCC2)cc2oc3cc4c(c(O)c3c(=O)c2c1CC=C(C)C)C=CC(C)(C)O4. The van der Waals surface area contributed by atoms with Crippen LogP contribution < -0.4 is 19.6 Å². The van der Waals surface area contributed by atoms with Gasteiger partial charge in [-0.25, -0.2) is 0 Å². The minimum Gasteiger partial charge on any atom is -0.506 e. The van der Waals surface area contributed by atoms with Crippen molar-refractivity contribution in [2.75, 3.05) is 33.4 Å². The lowest BCUT2D eigenvalue weighted by atomic mass is 9.97. The summed E-state index contributed by atoms with van der Waals surface area (Å²) >= 11 is 0. The molecule has 0 unspecified atom stereocenters. The van der Waals surface area contributed by atoms with Crippen molar-refractivity contribution in [3.05, 3.63) is 51.2 Å². The van der Waals surface area contributed by atoms with Crippen molar-refractivity contribution in [3.63, 3.8) is 0 Å². The van der Waals surface area contributed by atoms with E-state index in [-0.39, 0.29) is 22.1 Å². The van der Waals surface area contributed by atoms with E-state index in [9.17, 15) is 9.90 Å². The number of likely N-dealkylation sites (tertiary alicyclic amines) is 1. The maximum atomic E-state index is 14.0. The molecular formula is C34H43NO6. The number of nitrogens with zero attached hydrogens (tertiary/aromatic N) is 1. The van der Waals surface area contributed by atoms with Gasteiger partial charge in [0.25, 0.3) is 0 Å². The Kier molecular flexibility index (Phi) is 8.64. The zero-order valence-electron chi connectivity index (χ0n) is 25.1. The topological polar surface area (TPSA) is 81.4 Å². The molecular weight excluding hydrogens is 518 g/mol. The van der Waals surface area contributed by atoms with E-state index in [0.29, 0.717) is 52.4 Å². The van der Waals surface area contributed by atoms with Crippen molar-refractivity contribution in [2.45, 2.75) is 78.2 Å². The highest BCUT2D eigenvalue weighted by Crippen LogP contribution is 2.43. The highest BCUT2D eigenvalue weighted by molar-refractivity contribution is 5.99. The monoisotopic (exact) mass is 561 g/mol. The molecule has 1 fully saturated rings. The van der Waals surface area contributed by atoms with Crippen LogP contribution in [0.2, 0.25) is 0 Å². The maximum absolute atomic E-state index is 14.0. The summed E-state index contributed by atoms with van der Waals surface area (Å²) in [5, 5.41) is 11.7. The number of allylic oxidation sites excluding steroid dienone is 2. The Hall–Kier alpha value is -3.45. The van der Waals surface area contributed by atoms with Crippen molar-refractivity contribution in [1.82, 2.24) is 4.90 Å². The van der Waals surface area contributed by atoms with Crippen molar-refractivity contribution in [1.29, 1.82) is 0 Å². The van der Waals surface area contributed by atoms with Gasteiger partial charge in [0.2, 0.25) is 5.43 Å². The first kappa shape index (κ1) is 29.1. The predicted octanol–water partition coefficient (Wildman–Crippen LogP) is 7.39. The van der Waals surface area contributed by atoms with Crippen molar-refractivity contribution >= 4 is 28.0 Å². The van der Waals surface area contributed by atoms with E-state index < -0.39 is 5.60 Å². The molecule has 0 saturated carbocycles. The molecule has 1 N–H and O–H groups in total. The second kappa shape index (κ2) is 12.2. The van der Waals surface area contributed by atoms with Crippen LogP contribution in [0.4, 0.5) is 0 Å². The summed E-state index contributed by atoms with van der Waals surface area (Å²) in [5.41, 5.74) is 2.10. The zero-order valence-corrected chi connectivity index (χ0v) is 25.1. The average Bonchev–Trinajstić information content (AvgIpc) is 3.43. The Labute approximate surface area is 242 Å². The van der Waals surface area contributed by atoms with Gasteiger partial charge in [0.15, 0.2) is 11.5 Å². The Morgan fingerprint density at radius 1 is 1.07 bits per heavy atom. The smallest absolute Gasteiger partial charge is 0.204 e. The molecule has 1 aromatic heterocycles. The van der Waals surface area contributed by atoms with Crippen LogP contribution in [0.3, 0.4) is 0 Å². The number of ether oxygens (including phenoxy) is 3. The fourth-order valence-corrected chi connectivity index (χ4v) is 5.84. The van der Waals surface area contributed by atoms with Gasteiger partial charge in [0.05, 0.1) is 24.7 Å². The van der Waals surface area contributed by atoms with Gasteiger partial charge < -0.3 is 28.6 Å². The van der Waals surface area contributed by atoms with Crippen LogP contribution in [0.15, 0.2) is 39.1 Å². The molecule has 41 heavy (non-hydrogen) atoms. The summed E-state index contributed by atoms with van der Waals surface area (Å²) in [6, 6.07) is 3.44. The first-order valence-corrected chi connectivity index (χ1v) is 14.9. The van der Waals surface area contributed by atoms with E-state index in [4.69, 9.17) is 18.6 Å². The molecule has 1 saturated heterocycles. The Morgan fingerprint density at radius 2 is 1.80 bits per heavy atom. The molecule has 0 spiro atoms. The first-order valence-electron chi connectivity index (χ1n) is 14.9. The fourth-order valence-electron chi connectivity index (χ4n) is 5.84. The van der Waals surface area contributed by atoms with E-state index in [1.807, 2.05) is 33.8 Å². The van der Waals surface area contributed by atoms with Crippen molar-refractivity contribution in [2.24, 2.45) is 0 Å². The average molecular weight is 562 g/mol. The summed E-state index contributed by atoms with van der Waals surface area (Å²) in [5.74, 6) is 1.42. The number of phenolic OH excluding ortho intramolecular Hbond substituents is 1. The van der Waals surface area contributed by atoms with Crippen LogP contribution in [-0.2, 0) is 6.42 Å². The summed E-state index contributed by atoms with van der Waals surface area (Å²) < 4.78 is 24.5. The normalized spacial score (nSPS) is 16.1. The molecule has 7 heteroatoms. The van der Waals surface area contributed by atoms with Gasteiger partial charge in [0, 0.05) is 17.7 Å². The number of phenols is 1. The summed E-state index contributed by atoms with van der Waals surface area (Å²) in [4.78, 5) is 16.6. The number of unbranched alkanes of at least 4 members (excludes halogenated alkanes) is 3. The Bertz CT molecular complexity index is 1540. The molecule has 0 atom stereocenters. The third-order valence-corrected chi connectivity index (χ3v) is 8.02. The number of hydrogen-bond donors (Lipinski definition) is 1. The molecule has 3 heterocycles. The predicted molar refractivity (Wildman–Crippen MR) is 165 cm³/mol. The summed E-state index contributed by atoms with van der Waals surface area (Å²) in [6.45, 7) is 12.1. The molecule has 220 valence electrons. The lowest BCUT2D eigenvalue weighted by Gasteiger charge is -2.28. The minimum absolute atomic E-state index is 0.132. The first-order chi connectivity index (χ1) is 19.7. The van der Waals surface area contributed by atoms with E-state index >= 15 is 0 Å². The second-order valence-electron chi connectivity index (χ2n) is 12.0. The lowest BCUT2D eigenvalue weighted by Crippen LogP contribution is -2.27. The third-order valence-electron chi connectivity index (χ3n) is 8.02. The summed E-state index contributed by atoms with van der Waals surface area (Å²) in [7, 11) is 1.60. The number of methoxy groups -OCH3 is 1. The molecule has 0 bridgehead atoms. The number of rotatable bonds is 11. The molecule has 2 aliphatic heterocycles. The van der Waals surface area contributed by atoms with Gasteiger partial charge in [-0.1, -0.05) is 24.5 Å². The largest absolute Gasteiger partial charge is 0.506 e. The standard InChI is InChI=1S/C34H43NO6/c1-22(2)12-13-24-29-26(21-28(33(24)38-5)39-19-11-7-6-8-16-35-17-9-10-18-35)40-27-20-25-23(14-15-34(3,4)41-25)31(36)30(27)32(29)37/h12,14-15,20-21,36H,6-11,13,16-19H2,1-5H3. The molecule has 2 aromatic carbocycles. The maximum Gasteiger partial charge on any atom is 0.204 e. The van der Waals surface area contributed by atoms with E-state index in [0.717, 1.165) is 18.4 Å². The highest BCUT2D eigenvalue weighted by Gasteiger charge is 2.28. The van der Waals surface area contributed by atoms with Gasteiger partial charge in [-0.15, -0.1) is 0 Å². The van der Waals surface area contributed by atoms with Crippen LogP contribution >= 0.6 is 0 Å². The number of benzene rings is 2. The van der Waals surface area contributed by atoms with Gasteiger partial charge in [0.1, 0.15) is 33.7 Å². The minimum atomic E-state index is -0.537. The number of hydrogen-bond acceptors (Lipinski definition) is 7. The third kappa shape index (κ3) is 6.25. The van der Waals surface area contributed by atoms with Gasteiger partial charge in [-0.05, 0) is 91.6 Å². The molecule has 2 aliphatic rings. The van der Waals surface area contributed by atoms with Crippen LogP contribution in [-0.4, -0.2) is 49.0 Å². The van der Waals surface area contributed by atoms with E-state index in [1.165, 1.54) is 45.3 Å². The van der Waals surface area contributed by atoms with Crippen molar-refractivity contribution in [3.8, 4) is 23.0 Å². The van der Waals surface area contributed by atoms with Crippen LogP contribution in [0.5, 0.6) is 23.0 Å². The molecule has 3 aromatic rings. The molecule has 0 aliphatic carbocycles. The summed E-state index contributed by atoms with van der Waals surface area (Å²) in [6.07, 6.45) is 13.3. The zero-order chi connectivity index (χ0) is 29.1. The molecule has 0 amide bonds. The van der Waals surface area contributed by atoms with Gasteiger partial charge in [-0.3, -0.25) is 4.79 Å². The van der Waals surface area contributed by atoms with Gasteiger partial charge in [-0.2, -0.15) is 0 Å². The molecule has 5 rings (SSSR count). The van der Waals surface area contributed by atoms with Crippen molar-refractivity contribution < 1.29 is 23.7 Å². The van der Waals surface area contributed by atoms with E-state index in [1.54, 1.807) is 25.3 Å². The Morgan fingerprint density at radius 3 is 2.54 bits per heavy atom. The number of fused-ring (bicyclic) bond motifs is 3. The quantitative estimate of drug-likeness (QED) is 0.148. The fraction of sp³-hybridized carbons (Fsp3) is 0.500. The van der Waals surface area contributed by atoms with Crippen LogP contribution in [0.25, 0.3) is 28.0 Å².